The molecule has 0 saturated carbocycles. The lowest BCUT2D eigenvalue weighted by Gasteiger charge is -2.19. The van der Waals surface area contributed by atoms with Crippen LogP contribution in [0.2, 0.25) is 0 Å². The molecule has 19 heavy (non-hydrogen) atoms. The van der Waals surface area contributed by atoms with Gasteiger partial charge in [0, 0.05) is 11.4 Å². The second-order valence-electron chi connectivity index (χ2n) is 4.70. The summed E-state index contributed by atoms with van der Waals surface area (Å²) in [5.41, 5.74) is 0.700. The van der Waals surface area contributed by atoms with Crippen LogP contribution < -0.4 is 5.32 Å². The van der Waals surface area contributed by atoms with Crippen molar-refractivity contribution in [2.75, 3.05) is 6.54 Å². The van der Waals surface area contributed by atoms with Gasteiger partial charge >= 0.3 is 0 Å². The molecular weight excluding hydrogens is 309 g/mol. The Morgan fingerprint density at radius 2 is 2.05 bits per heavy atom. The Bertz CT molecular complexity index is 407. The van der Waals surface area contributed by atoms with Gasteiger partial charge in [0.05, 0.1) is 6.42 Å². The number of carbonyl (C=O) groups is 1. The molecule has 1 atom stereocenters. The molecule has 1 aromatic carbocycles. The SMILES string of the molecule is CCC(CC)C(Br)CNC(=O)Cc1cccc(F)c1. The summed E-state index contributed by atoms with van der Waals surface area (Å²) in [6.45, 7) is 4.91. The monoisotopic (exact) mass is 329 g/mol. The molecule has 0 aliphatic heterocycles. The Balaban J connectivity index is 2.39. The molecule has 1 unspecified atom stereocenters. The summed E-state index contributed by atoms with van der Waals surface area (Å²) in [7, 11) is 0. The Hall–Kier alpha value is -0.900. The highest BCUT2D eigenvalue weighted by Crippen LogP contribution is 2.19. The van der Waals surface area contributed by atoms with Crippen LogP contribution in [0.15, 0.2) is 24.3 Å². The van der Waals surface area contributed by atoms with E-state index in [1.807, 2.05) is 0 Å². The molecule has 0 bridgehead atoms. The number of carbonyl (C=O) groups excluding carboxylic acids is 1. The Morgan fingerprint density at radius 1 is 1.37 bits per heavy atom. The van der Waals surface area contributed by atoms with Crippen molar-refractivity contribution in [1.29, 1.82) is 0 Å². The molecule has 4 heteroatoms. The summed E-state index contributed by atoms with van der Waals surface area (Å²) < 4.78 is 13.0. The molecule has 0 heterocycles. The largest absolute Gasteiger partial charge is 0.355 e. The van der Waals surface area contributed by atoms with Gasteiger partial charge in [0.15, 0.2) is 0 Å². The first kappa shape index (κ1) is 16.2. The zero-order valence-electron chi connectivity index (χ0n) is 11.5. The number of nitrogens with one attached hydrogen (secondary N) is 1. The molecule has 1 N–H and O–H groups in total. The molecule has 0 aromatic heterocycles. The zero-order chi connectivity index (χ0) is 14.3. The highest BCUT2D eigenvalue weighted by Gasteiger charge is 2.16. The fourth-order valence-electron chi connectivity index (χ4n) is 2.07. The van der Waals surface area contributed by atoms with E-state index in [0.29, 0.717) is 22.9 Å². The van der Waals surface area contributed by atoms with E-state index < -0.39 is 0 Å². The maximum absolute atomic E-state index is 13.0. The number of hydrogen-bond acceptors (Lipinski definition) is 1. The van der Waals surface area contributed by atoms with Gasteiger partial charge in [0.1, 0.15) is 5.82 Å². The number of alkyl halides is 1. The predicted molar refractivity (Wildman–Crippen MR) is 79.9 cm³/mol. The van der Waals surface area contributed by atoms with Crippen molar-refractivity contribution in [2.45, 2.75) is 37.9 Å². The first-order chi connectivity index (χ1) is 9.06. The number of halogens is 2. The van der Waals surface area contributed by atoms with E-state index in [9.17, 15) is 9.18 Å². The lowest BCUT2D eigenvalue weighted by Crippen LogP contribution is -2.33. The standard InChI is InChI=1S/C15H21BrFNO/c1-3-12(4-2)14(16)10-18-15(19)9-11-6-5-7-13(17)8-11/h5-8,12,14H,3-4,9-10H2,1-2H3,(H,18,19). The van der Waals surface area contributed by atoms with E-state index in [-0.39, 0.29) is 18.1 Å². The van der Waals surface area contributed by atoms with Gasteiger partial charge in [0.2, 0.25) is 5.91 Å². The van der Waals surface area contributed by atoms with E-state index in [4.69, 9.17) is 0 Å². The second kappa shape index (κ2) is 8.31. The first-order valence-corrected chi connectivity index (χ1v) is 7.63. The van der Waals surface area contributed by atoms with Crippen LogP contribution in [-0.2, 0) is 11.2 Å². The van der Waals surface area contributed by atoms with E-state index in [1.54, 1.807) is 12.1 Å². The number of hydrogen-bond donors (Lipinski definition) is 1. The predicted octanol–water partition coefficient (Wildman–Crippen LogP) is 3.68. The summed E-state index contributed by atoms with van der Waals surface area (Å²) in [6, 6.07) is 6.15. The fourth-order valence-corrected chi connectivity index (χ4v) is 2.98. The molecule has 1 amide bonds. The molecule has 0 fully saturated rings. The zero-order valence-corrected chi connectivity index (χ0v) is 13.0. The van der Waals surface area contributed by atoms with Crippen molar-refractivity contribution >= 4 is 21.8 Å². The molecule has 0 radical (unpaired) electrons. The molecule has 0 aliphatic rings. The van der Waals surface area contributed by atoms with E-state index in [0.717, 1.165) is 12.8 Å². The summed E-state index contributed by atoms with van der Waals surface area (Å²) >= 11 is 3.62. The lowest BCUT2D eigenvalue weighted by atomic mass is 9.99. The van der Waals surface area contributed by atoms with Crippen LogP contribution in [0.4, 0.5) is 4.39 Å². The van der Waals surface area contributed by atoms with Gasteiger partial charge in [-0.25, -0.2) is 4.39 Å². The Labute approximate surface area is 122 Å². The Morgan fingerprint density at radius 3 is 2.63 bits per heavy atom. The summed E-state index contributed by atoms with van der Waals surface area (Å²) in [4.78, 5) is 12.1. The van der Waals surface area contributed by atoms with Gasteiger partial charge in [-0.1, -0.05) is 54.8 Å². The maximum Gasteiger partial charge on any atom is 0.224 e. The van der Waals surface area contributed by atoms with Gasteiger partial charge < -0.3 is 5.32 Å². The van der Waals surface area contributed by atoms with Crippen LogP contribution in [-0.4, -0.2) is 17.3 Å². The molecule has 0 saturated heterocycles. The number of amides is 1. The fraction of sp³-hybridized carbons (Fsp3) is 0.533. The van der Waals surface area contributed by atoms with Crippen molar-refractivity contribution in [3.63, 3.8) is 0 Å². The summed E-state index contributed by atoms with van der Waals surface area (Å²) in [5.74, 6) is 0.191. The normalized spacial score (nSPS) is 12.5. The van der Waals surface area contributed by atoms with Gasteiger partial charge in [-0.15, -0.1) is 0 Å². The van der Waals surface area contributed by atoms with Crippen LogP contribution in [0.5, 0.6) is 0 Å². The molecular formula is C15H21BrFNO. The average molecular weight is 330 g/mol. The minimum Gasteiger partial charge on any atom is -0.355 e. The van der Waals surface area contributed by atoms with Crippen LogP contribution in [0.1, 0.15) is 32.3 Å². The average Bonchev–Trinajstić information content (AvgIpc) is 2.38. The highest BCUT2D eigenvalue weighted by atomic mass is 79.9. The third-order valence-corrected chi connectivity index (χ3v) is 4.38. The minimum absolute atomic E-state index is 0.0685. The van der Waals surface area contributed by atoms with Crippen LogP contribution in [0.25, 0.3) is 0 Å². The molecule has 0 aliphatic carbocycles. The van der Waals surface area contributed by atoms with Gasteiger partial charge in [0.25, 0.3) is 0 Å². The molecule has 2 nitrogen and oxygen atoms in total. The maximum atomic E-state index is 13.0. The number of rotatable bonds is 7. The van der Waals surface area contributed by atoms with Crippen molar-refractivity contribution in [1.82, 2.24) is 5.32 Å². The van der Waals surface area contributed by atoms with Crippen LogP contribution in [0, 0.1) is 11.7 Å². The van der Waals surface area contributed by atoms with Gasteiger partial charge in [-0.2, -0.15) is 0 Å². The van der Waals surface area contributed by atoms with E-state index in [1.165, 1.54) is 12.1 Å². The van der Waals surface area contributed by atoms with E-state index >= 15 is 0 Å². The van der Waals surface area contributed by atoms with Crippen molar-refractivity contribution < 1.29 is 9.18 Å². The van der Waals surface area contributed by atoms with Crippen molar-refractivity contribution in [2.24, 2.45) is 5.92 Å². The highest BCUT2D eigenvalue weighted by molar-refractivity contribution is 9.09. The van der Waals surface area contributed by atoms with Crippen LogP contribution in [0.3, 0.4) is 0 Å². The lowest BCUT2D eigenvalue weighted by molar-refractivity contribution is -0.120. The first-order valence-electron chi connectivity index (χ1n) is 6.72. The second-order valence-corrected chi connectivity index (χ2v) is 5.88. The van der Waals surface area contributed by atoms with Gasteiger partial charge in [-0.05, 0) is 23.6 Å². The smallest absolute Gasteiger partial charge is 0.224 e. The quantitative estimate of drug-likeness (QED) is 0.759. The molecule has 106 valence electrons. The summed E-state index contributed by atoms with van der Waals surface area (Å²) in [6.07, 6.45) is 2.40. The van der Waals surface area contributed by atoms with Crippen molar-refractivity contribution in [3.05, 3.63) is 35.6 Å². The van der Waals surface area contributed by atoms with E-state index in [2.05, 4.69) is 35.1 Å². The molecule has 1 aromatic rings. The third-order valence-electron chi connectivity index (χ3n) is 3.31. The topological polar surface area (TPSA) is 29.1 Å². The third kappa shape index (κ3) is 5.72. The molecule has 0 spiro atoms. The van der Waals surface area contributed by atoms with Gasteiger partial charge in [-0.3, -0.25) is 4.79 Å². The Kier molecular flexibility index (Phi) is 7.06. The van der Waals surface area contributed by atoms with Crippen molar-refractivity contribution in [3.8, 4) is 0 Å². The molecule has 1 rings (SSSR count). The number of benzene rings is 1. The van der Waals surface area contributed by atoms with Crippen LogP contribution >= 0.6 is 15.9 Å². The minimum atomic E-state index is -0.305. The summed E-state index contributed by atoms with van der Waals surface area (Å²) in [5, 5.41) is 2.89.